The highest BCUT2D eigenvalue weighted by Gasteiger charge is 2.33. The zero-order valence-electron chi connectivity index (χ0n) is 21.9. The van der Waals surface area contributed by atoms with E-state index in [-0.39, 0.29) is 24.9 Å². The molecule has 0 fully saturated rings. The molecule has 0 aliphatic carbocycles. The lowest BCUT2D eigenvalue weighted by atomic mass is 10.0. The summed E-state index contributed by atoms with van der Waals surface area (Å²) in [7, 11) is -3.82. The van der Waals surface area contributed by atoms with Gasteiger partial charge in [-0.05, 0) is 48.7 Å². The van der Waals surface area contributed by atoms with Gasteiger partial charge in [0.1, 0.15) is 12.6 Å². The predicted molar refractivity (Wildman–Crippen MR) is 152 cm³/mol. The lowest BCUT2D eigenvalue weighted by Gasteiger charge is -2.34. The maximum atomic E-state index is 14.0. The molecule has 0 radical (unpaired) electrons. The Morgan fingerprint density at radius 1 is 0.895 bits per heavy atom. The number of hydrogen-bond donors (Lipinski definition) is 1. The van der Waals surface area contributed by atoms with Crippen LogP contribution in [0.3, 0.4) is 0 Å². The van der Waals surface area contributed by atoms with Gasteiger partial charge in [0.25, 0.3) is 0 Å². The maximum absolute atomic E-state index is 14.0. The van der Waals surface area contributed by atoms with Gasteiger partial charge in [0.05, 0.1) is 11.9 Å². The van der Waals surface area contributed by atoms with Crippen LogP contribution in [0.5, 0.6) is 0 Å². The molecule has 3 rings (SSSR count). The molecule has 0 aliphatic rings. The molecule has 7 nitrogen and oxygen atoms in total. The van der Waals surface area contributed by atoms with E-state index in [4.69, 9.17) is 11.6 Å². The Hall–Kier alpha value is -3.36. The summed E-state index contributed by atoms with van der Waals surface area (Å²) in [5, 5.41) is 3.46. The largest absolute Gasteiger partial charge is 0.352 e. The summed E-state index contributed by atoms with van der Waals surface area (Å²) < 4.78 is 26.5. The summed E-state index contributed by atoms with van der Waals surface area (Å²) in [5.41, 5.74) is 2.03. The molecule has 0 saturated heterocycles. The van der Waals surface area contributed by atoms with E-state index in [2.05, 4.69) is 5.32 Å². The molecule has 0 aromatic heterocycles. The second kappa shape index (κ2) is 13.4. The summed E-state index contributed by atoms with van der Waals surface area (Å²) in [4.78, 5) is 29.0. The Morgan fingerprint density at radius 3 is 1.97 bits per heavy atom. The third-order valence-corrected chi connectivity index (χ3v) is 7.65. The first-order valence-corrected chi connectivity index (χ1v) is 14.7. The zero-order chi connectivity index (χ0) is 27.7. The van der Waals surface area contributed by atoms with Crippen LogP contribution in [0.1, 0.15) is 31.4 Å². The van der Waals surface area contributed by atoms with Crippen LogP contribution in [-0.4, -0.2) is 50.0 Å². The minimum Gasteiger partial charge on any atom is -0.352 e. The number of halogens is 1. The van der Waals surface area contributed by atoms with Crippen LogP contribution in [0.25, 0.3) is 0 Å². The van der Waals surface area contributed by atoms with E-state index < -0.39 is 28.5 Å². The van der Waals surface area contributed by atoms with Crippen LogP contribution in [0.15, 0.2) is 84.9 Å². The van der Waals surface area contributed by atoms with E-state index in [1.807, 2.05) is 74.5 Å². The predicted octanol–water partition coefficient (Wildman–Crippen LogP) is 4.66. The number of rotatable bonds is 12. The molecule has 9 heteroatoms. The molecule has 38 heavy (non-hydrogen) atoms. The average molecular weight is 556 g/mol. The van der Waals surface area contributed by atoms with Crippen molar-refractivity contribution in [2.24, 2.45) is 0 Å². The number of nitrogens with zero attached hydrogens (tertiary/aromatic N) is 2. The number of benzene rings is 3. The van der Waals surface area contributed by atoms with Crippen molar-refractivity contribution in [3.63, 3.8) is 0 Å². The van der Waals surface area contributed by atoms with Gasteiger partial charge in [0, 0.05) is 24.0 Å². The van der Waals surface area contributed by atoms with Crippen LogP contribution in [0.2, 0.25) is 5.02 Å². The zero-order valence-corrected chi connectivity index (χ0v) is 23.5. The second-order valence-corrected chi connectivity index (χ2v) is 11.6. The van der Waals surface area contributed by atoms with Gasteiger partial charge >= 0.3 is 0 Å². The van der Waals surface area contributed by atoms with Gasteiger partial charge in [0.15, 0.2) is 0 Å². The fourth-order valence-corrected chi connectivity index (χ4v) is 4.97. The number of sulfonamides is 1. The monoisotopic (exact) mass is 555 g/mol. The van der Waals surface area contributed by atoms with E-state index in [0.717, 1.165) is 28.1 Å². The van der Waals surface area contributed by atoms with Gasteiger partial charge in [-0.1, -0.05) is 79.2 Å². The van der Waals surface area contributed by atoms with Crippen LogP contribution in [-0.2, 0) is 32.6 Å². The third-order valence-electron chi connectivity index (χ3n) is 6.26. The van der Waals surface area contributed by atoms with Crippen molar-refractivity contribution in [1.29, 1.82) is 0 Å². The molecule has 1 N–H and O–H groups in total. The van der Waals surface area contributed by atoms with Crippen molar-refractivity contribution in [2.45, 2.75) is 45.3 Å². The van der Waals surface area contributed by atoms with E-state index >= 15 is 0 Å². The van der Waals surface area contributed by atoms with Gasteiger partial charge < -0.3 is 10.2 Å². The highest BCUT2D eigenvalue weighted by Crippen LogP contribution is 2.22. The Labute approximate surface area is 230 Å². The molecule has 0 spiro atoms. The Morgan fingerprint density at radius 2 is 1.45 bits per heavy atom. The quantitative estimate of drug-likeness (QED) is 0.352. The van der Waals surface area contributed by atoms with Crippen LogP contribution < -0.4 is 9.62 Å². The highest BCUT2D eigenvalue weighted by molar-refractivity contribution is 7.92. The molecule has 0 bridgehead atoms. The Balaban J connectivity index is 2.03. The number of nitrogens with one attached hydrogen (secondary N) is 1. The van der Waals surface area contributed by atoms with Crippen molar-refractivity contribution in [2.75, 3.05) is 17.1 Å². The smallest absolute Gasteiger partial charge is 0.244 e. The first-order valence-electron chi connectivity index (χ1n) is 12.5. The third kappa shape index (κ3) is 8.33. The van der Waals surface area contributed by atoms with Gasteiger partial charge in [-0.3, -0.25) is 13.9 Å². The molecule has 3 aromatic carbocycles. The normalized spacial score (nSPS) is 12.8. The Kier molecular flexibility index (Phi) is 10.3. The lowest BCUT2D eigenvalue weighted by molar-refractivity contribution is -0.140. The van der Waals surface area contributed by atoms with Crippen LogP contribution >= 0.6 is 11.6 Å². The van der Waals surface area contributed by atoms with Crippen molar-refractivity contribution in [3.8, 4) is 0 Å². The molecular weight excluding hydrogens is 522 g/mol. The molecule has 0 aliphatic heterocycles. The first-order chi connectivity index (χ1) is 18.1. The van der Waals surface area contributed by atoms with E-state index in [1.54, 1.807) is 24.3 Å². The van der Waals surface area contributed by atoms with Gasteiger partial charge in [-0.15, -0.1) is 0 Å². The highest BCUT2D eigenvalue weighted by atomic mass is 35.5. The molecule has 0 saturated carbocycles. The fraction of sp³-hybridized carbons (Fsp3) is 0.310. The number of amides is 2. The van der Waals surface area contributed by atoms with E-state index in [9.17, 15) is 18.0 Å². The van der Waals surface area contributed by atoms with Crippen molar-refractivity contribution >= 4 is 39.1 Å². The molecule has 0 unspecified atom stereocenters. The maximum Gasteiger partial charge on any atom is 0.244 e. The minimum atomic E-state index is -3.82. The number of hydrogen-bond acceptors (Lipinski definition) is 4. The van der Waals surface area contributed by atoms with Crippen LogP contribution in [0, 0.1) is 0 Å². The lowest BCUT2D eigenvalue weighted by Crippen LogP contribution is -2.54. The van der Waals surface area contributed by atoms with Gasteiger partial charge in [-0.2, -0.15) is 0 Å². The molecule has 0 heterocycles. The fourth-order valence-electron chi connectivity index (χ4n) is 4.00. The molecule has 2 amide bonds. The van der Waals surface area contributed by atoms with E-state index in [1.165, 1.54) is 4.90 Å². The summed E-state index contributed by atoms with van der Waals surface area (Å²) >= 11 is 6.00. The van der Waals surface area contributed by atoms with Crippen molar-refractivity contribution in [1.82, 2.24) is 10.2 Å². The van der Waals surface area contributed by atoms with Crippen LogP contribution in [0.4, 0.5) is 5.69 Å². The Bertz CT molecular complexity index is 1300. The standard InChI is InChI=1S/C29H34ClN3O4S/c1-4-22(2)31-29(35)27(19-23-11-7-5-8-12-23)32(20-24-13-9-6-10-14-24)28(34)21-33(38(3,36)37)26-17-15-25(30)16-18-26/h5-18,22,27H,4,19-21H2,1-3H3,(H,31,35)/t22-,27+/m0/s1. The van der Waals surface area contributed by atoms with Crippen molar-refractivity contribution < 1.29 is 18.0 Å². The minimum absolute atomic E-state index is 0.0870. The number of anilines is 1. The van der Waals surface area contributed by atoms with Gasteiger partial charge in [0.2, 0.25) is 21.8 Å². The van der Waals surface area contributed by atoms with Gasteiger partial charge in [-0.25, -0.2) is 8.42 Å². The van der Waals surface area contributed by atoms with Crippen molar-refractivity contribution in [3.05, 3.63) is 101 Å². The molecular formula is C29H34ClN3O4S. The summed E-state index contributed by atoms with van der Waals surface area (Å²) in [6.07, 6.45) is 2.06. The first kappa shape index (κ1) is 29.2. The molecule has 3 aromatic rings. The molecule has 202 valence electrons. The summed E-state index contributed by atoms with van der Waals surface area (Å²) in [6, 6.07) is 24.1. The average Bonchev–Trinajstić information content (AvgIpc) is 2.90. The number of carbonyl (C=O) groups excluding carboxylic acids is 2. The van der Waals surface area contributed by atoms with E-state index in [0.29, 0.717) is 10.7 Å². The molecule has 2 atom stereocenters. The SMILES string of the molecule is CC[C@H](C)NC(=O)[C@@H](Cc1ccccc1)N(Cc1ccccc1)C(=O)CN(c1ccc(Cl)cc1)S(C)(=O)=O. The number of carbonyl (C=O) groups is 2. The second-order valence-electron chi connectivity index (χ2n) is 9.28. The summed E-state index contributed by atoms with van der Waals surface area (Å²) in [5.74, 6) is -0.778. The topological polar surface area (TPSA) is 86.8 Å². The summed E-state index contributed by atoms with van der Waals surface area (Å²) in [6.45, 7) is 3.56.